The third-order valence-corrected chi connectivity index (χ3v) is 3.49. The Morgan fingerprint density at radius 2 is 2.00 bits per heavy atom. The maximum Gasteiger partial charge on any atom is 0.322 e. The van der Waals surface area contributed by atoms with E-state index in [9.17, 15) is 24.8 Å². The fourth-order valence-electron chi connectivity index (χ4n) is 2.31. The molecule has 0 aliphatic heterocycles. The summed E-state index contributed by atoms with van der Waals surface area (Å²) in [6.45, 7) is 0.652. The van der Waals surface area contributed by atoms with Crippen LogP contribution in [-0.2, 0) is 19.8 Å². The number of fused-ring (bicyclic) bond motifs is 1. The lowest BCUT2D eigenvalue weighted by molar-refractivity contribution is -0.137. The highest BCUT2D eigenvalue weighted by Gasteiger charge is 2.46. The molecule has 0 radical (unpaired) electrons. The molecule has 0 saturated heterocycles. The SMILES string of the molecule is C[C@]1(C#N)C(=O)C(C(=O)NCC(=O)O)=C(O)c2ccccc21. The van der Waals surface area contributed by atoms with E-state index in [1.54, 1.807) is 12.1 Å². The van der Waals surface area contributed by atoms with Crippen molar-refractivity contribution >= 4 is 23.4 Å². The molecule has 0 fully saturated rings. The van der Waals surface area contributed by atoms with Crippen molar-refractivity contribution in [2.45, 2.75) is 12.3 Å². The zero-order valence-corrected chi connectivity index (χ0v) is 11.6. The average Bonchev–Trinajstić information content (AvgIpc) is 2.51. The molecule has 0 heterocycles. The van der Waals surface area contributed by atoms with Gasteiger partial charge in [-0.1, -0.05) is 24.3 Å². The molecule has 1 amide bonds. The molecule has 0 spiro atoms. The number of aliphatic hydroxyl groups excluding tert-OH is 1. The summed E-state index contributed by atoms with van der Waals surface area (Å²) in [7, 11) is 0. The number of hydrogen-bond donors (Lipinski definition) is 3. The van der Waals surface area contributed by atoms with Gasteiger partial charge < -0.3 is 15.5 Å². The van der Waals surface area contributed by atoms with Gasteiger partial charge in [0.15, 0.2) is 5.78 Å². The highest BCUT2D eigenvalue weighted by molar-refractivity contribution is 6.29. The summed E-state index contributed by atoms with van der Waals surface area (Å²) in [5.74, 6) is -3.74. The van der Waals surface area contributed by atoms with Crippen LogP contribution in [0.15, 0.2) is 29.8 Å². The quantitative estimate of drug-likeness (QED) is 0.698. The summed E-state index contributed by atoms with van der Waals surface area (Å²) in [5.41, 5.74) is -1.73. The minimum absolute atomic E-state index is 0.201. The summed E-state index contributed by atoms with van der Waals surface area (Å²) in [6.07, 6.45) is 0. The Kier molecular flexibility index (Phi) is 3.70. The normalized spacial score (nSPS) is 20.1. The Balaban J connectivity index is 2.59. The van der Waals surface area contributed by atoms with Gasteiger partial charge in [0.1, 0.15) is 23.3 Å². The van der Waals surface area contributed by atoms with Gasteiger partial charge in [0, 0.05) is 5.56 Å². The summed E-state index contributed by atoms with van der Waals surface area (Å²) in [4.78, 5) is 35.0. The van der Waals surface area contributed by atoms with Gasteiger partial charge in [0.2, 0.25) is 0 Å². The van der Waals surface area contributed by atoms with E-state index in [1.165, 1.54) is 19.1 Å². The van der Waals surface area contributed by atoms with Crippen molar-refractivity contribution in [2.24, 2.45) is 0 Å². The van der Waals surface area contributed by atoms with Gasteiger partial charge in [0.25, 0.3) is 5.91 Å². The van der Waals surface area contributed by atoms with Crippen molar-refractivity contribution in [2.75, 3.05) is 6.54 Å². The van der Waals surface area contributed by atoms with E-state index in [4.69, 9.17) is 5.11 Å². The summed E-state index contributed by atoms with van der Waals surface area (Å²) < 4.78 is 0. The monoisotopic (exact) mass is 300 g/mol. The van der Waals surface area contributed by atoms with Crippen LogP contribution < -0.4 is 5.32 Å². The van der Waals surface area contributed by atoms with Crippen molar-refractivity contribution in [3.05, 3.63) is 41.0 Å². The number of benzene rings is 1. The molecule has 7 heteroatoms. The first-order chi connectivity index (χ1) is 10.3. The molecule has 0 bridgehead atoms. The summed E-state index contributed by atoms with van der Waals surface area (Å²) >= 11 is 0. The van der Waals surface area contributed by atoms with Gasteiger partial charge in [-0.3, -0.25) is 14.4 Å². The number of carbonyl (C=O) groups is 3. The van der Waals surface area contributed by atoms with Crippen LogP contribution in [0.5, 0.6) is 0 Å². The second kappa shape index (κ2) is 5.33. The van der Waals surface area contributed by atoms with Crippen LogP contribution in [0.1, 0.15) is 18.1 Å². The maximum absolute atomic E-state index is 12.5. The largest absolute Gasteiger partial charge is 0.506 e. The van der Waals surface area contributed by atoms with Crippen LogP contribution in [0.4, 0.5) is 0 Å². The fraction of sp³-hybridized carbons (Fsp3) is 0.200. The van der Waals surface area contributed by atoms with Crippen LogP contribution in [0.2, 0.25) is 0 Å². The zero-order chi connectivity index (χ0) is 16.5. The number of carboxylic acids is 1. The highest BCUT2D eigenvalue weighted by Crippen LogP contribution is 2.39. The molecule has 0 aromatic heterocycles. The molecule has 1 aromatic rings. The number of nitriles is 1. The van der Waals surface area contributed by atoms with Gasteiger partial charge in [-0.25, -0.2) is 0 Å². The number of aliphatic hydroxyl groups is 1. The number of aliphatic carboxylic acids is 1. The number of amides is 1. The molecule has 0 unspecified atom stereocenters. The van der Waals surface area contributed by atoms with E-state index in [2.05, 4.69) is 0 Å². The topological polar surface area (TPSA) is 127 Å². The number of hydrogen-bond acceptors (Lipinski definition) is 5. The number of Topliss-reactive ketones (excluding diaryl/α,β-unsaturated/α-hetero) is 1. The number of ketones is 1. The summed E-state index contributed by atoms with van der Waals surface area (Å²) in [6, 6.07) is 8.08. The Morgan fingerprint density at radius 1 is 1.36 bits per heavy atom. The lowest BCUT2D eigenvalue weighted by atomic mass is 9.70. The molecule has 7 nitrogen and oxygen atoms in total. The van der Waals surface area contributed by atoms with Crippen molar-refractivity contribution in [1.29, 1.82) is 5.26 Å². The molecule has 22 heavy (non-hydrogen) atoms. The Hall–Kier alpha value is -3.14. The lowest BCUT2D eigenvalue weighted by Gasteiger charge is -2.29. The van der Waals surface area contributed by atoms with Crippen molar-refractivity contribution < 1.29 is 24.6 Å². The smallest absolute Gasteiger partial charge is 0.322 e. The Labute approximate surface area is 125 Å². The van der Waals surface area contributed by atoms with Crippen LogP contribution >= 0.6 is 0 Å². The molecular weight excluding hydrogens is 288 g/mol. The van der Waals surface area contributed by atoms with Crippen LogP contribution in [0, 0.1) is 11.3 Å². The summed E-state index contributed by atoms with van der Waals surface area (Å²) in [5, 5.41) is 30.2. The minimum Gasteiger partial charge on any atom is -0.506 e. The lowest BCUT2D eigenvalue weighted by Crippen LogP contribution is -2.43. The van der Waals surface area contributed by atoms with Gasteiger partial charge in [0.05, 0.1) is 6.07 Å². The molecule has 2 rings (SSSR count). The number of rotatable bonds is 3. The first kappa shape index (κ1) is 15.3. The van der Waals surface area contributed by atoms with Gasteiger partial charge in [-0.05, 0) is 12.5 Å². The van der Waals surface area contributed by atoms with Crippen LogP contribution in [0.3, 0.4) is 0 Å². The molecule has 3 N–H and O–H groups in total. The van der Waals surface area contributed by atoms with Crippen LogP contribution in [-0.4, -0.2) is 34.4 Å². The van der Waals surface area contributed by atoms with E-state index in [-0.39, 0.29) is 5.56 Å². The van der Waals surface area contributed by atoms with Crippen molar-refractivity contribution in [3.63, 3.8) is 0 Å². The second-order valence-corrected chi connectivity index (χ2v) is 4.91. The molecule has 1 atom stereocenters. The molecule has 0 saturated carbocycles. The first-order valence-electron chi connectivity index (χ1n) is 6.32. The molecule has 1 aromatic carbocycles. The number of nitrogens with one attached hydrogen (secondary N) is 1. The number of carboxylic acid groups (broad SMARTS) is 1. The third-order valence-electron chi connectivity index (χ3n) is 3.49. The van der Waals surface area contributed by atoms with E-state index in [1.807, 2.05) is 11.4 Å². The highest BCUT2D eigenvalue weighted by atomic mass is 16.4. The molecule has 1 aliphatic carbocycles. The Bertz CT molecular complexity index is 759. The average molecular weight is 300 g/mol. The van der Waals surface area contributed by atoms with E-state index >= 15 is 0 Å². The van der Waals surface area contributed by atoms with E-state index in [0.29, 0.717) is 5.56 Å². The molecular formula is C15H12N2O5. The van der Waals surface area contributed by atoms with Gasteiger partial charge in [-0.2, -0.15) is 5.26 Å². The van der Waals surface area contributed by atoms with Gasteiger partial charge >= 0.3 is 5.97 Å². The number of carbonyl (C=O) groups excluding carboxylic acids is 2. The fourth-order valence-corrected chi connectivity index (χ4v) is 2.31. The van der Waals surface area contributed by atoms with Crippen LogP contribution in [0.25, 0.3) is 5.76 Å². The predicted octanol–water partition coefficient (Wildman–Crippen LogP) is 0.520. The van der Waals surface area contributed by atoms with Gasteiger partial charge in [-0.15, -0.1) is 0 Å². The van der Waals surface area contributed by atoms with Crippen molar-refractivity contribution in [3.8, 4) is 6.07 Å². The van der Waals surface area contributed by atoms with E-state index < -0.39 is 41.0 Å². The zero-order valence-electron chi connectivity index (χ0n) is 11.6. The molecule has 112 valence electrons. The first-order valence-corrected chi connectivity index (χ1v) is 6.32. The minimum atomic E-state index is -1.63. The third kappa shape index (κ3) is 2.20. The molecule has 1 aliphatic rings. The maximum atomic E-state index is 12.5. The second-order valence-electron chi connectivity index (χ2n) is 4.91. The Morgan fingerprint density at radius 3 is 2.59 bits per heavy atom. The van der Waals surface area contributed by atoms with E-state index in [0.717, 1.165) is 0 Å². The number of nitrogens with zero attached hydrogens (tertiary/aromatic N) is 1. The van der Waals surface area contributed by atoms with Crippen molar-refractivity contribution in [1.82, 2.24) is 5.32 Å². The standard InChI is InChI=1S/C15H12N2O5/c1-15(7-16)9-5-3-2-4-8(9)12(20)11(13(15)21)14(22)17-6-10(18)19/h2-5,20H,6H2,1H3,(H,17,22)(H,18,19)/t15-/m1/s1. The predicted molar refractivity (Wildman–Crippen MR) is 74.6 cm³/mol.